The minimum Gasteiger partial charge on any atom is -0.463 e. The van der Waals surface area contributed by atoms with Gasteiger partial charge in [0.1, 0.15) is 12.7 Å². The molecule has 1 heterocycles. The zero-order chi connectivity index (χ0) is 22.5. The minimum atomic E-state index is -0.568. The summed E-state index contributed by atoms with van der Waals surface area (Å²) < 4.78 is 15.8. The number of rotatable bonds is 7. The van der Waals surface area contributed by atoms with Crippen molar-refractivity contribution in [3.05, 3.63) is 83.6 Å². The Kier molecular flexibility index (Phi) is 6.17. The topological polar surface area (TPSA) is 90.7 Å². The molecule has 0 saturated carbocycles. The van der Waals surface area contributed by atoms with Gasteiger partial charge in [-0.05, 0) is 48.2 Å². The fourth-order valence-corrected chi connectivity index (χ4v) is 3.50. The normalized spacial score (nSPS) is 11.7. The van der Waals surface area contributed by atoms with E-state index in [0.29, 0.717) is 28.8 Å². The number of fused-ring (bicyclic) bond motifs is 1. The summed E-state index contributed by atoms with van der Waals surface area (Å²) in [7, 11) is 0. The number of ether oxygens (including phenoxy) is 2. The summed E-state index contributed by atoms with van der Waals surface area (Å²) in [6.45, 7) is 4.27. The van der Waals surface area contributed by atoms with Crippen molar-refractivity contribution >= 4 is 29.2 Å². The van der Waals surface area contributed by atoms with Crippen molar-refractivity contribution in [2.45, 2.75) is 26.6 Å². The van der Waals surface area contributed by atoms with E-state index in [1.807, 2.05) is 80.6 Å². The molecular formula is C25H22N2O5. The lowest BCUT2D eigenvalue weighted by molar-refractivity contribution is -0.129. The number of nitrogens with zero attached hydrogens (tertiary/aromatic N) is 1. The van der Waals surface area contributed by atoms with E-state index < -0.39 is 12.2 Å². The van der Waals surface area contributed by atoms with Crippen LogP contribution in [0.1, 0.15) is 29.8 Å². The van der Waals surface area contributed by atoms with E-state index >= 15 is 0 Å². The third-order valence-corrected chi connectivity index (χ3v) is 5.14. The molecule has 7 heteroatoms. The van der Waals surface area contributed by atoms with Crippen LogP contribution in [0.3, 0.4) is 0 Å². The van der Waals surface area contributed by atoms with Gasteiger partial charge in [-0.25, -0.2) is 4.79 Å². The van der Waals surface area contributed by atoms with Crippen LogP contribution in [0.4, 0.5) is 10.5 Å². The lowest BCUT2D eigenvalue weighted by Gasteiger charge is -2.15. The Bertz CT molecular complexity index is 1230. The van der Waals surface area contributed by atoms with Gasteiger partial charge in [0.2, 0.25) is 0 Å². The summed E-state index contributed by atoms with van der Waals surface area (Å²) in [6.07, 6.45) is -0.971. The number of anilines is 1. The highest BCUT2D eigenvalue weighted by atomic mass is 16.6. The van der Waals surface area contributed by atoms with Crippen LogP contribution in [0.25, 0.3) is 22.1 Å². The van der Waals surface area contributed by atoms with Crippen LogP contribution < -0.4 is 5.32 Å². The lowest BCUT2D eigenvalue weighted by Crippen LogP contribution is -2.16. The van der Waals surface area contributed by atoms with Crippen molar-refractivity contribution in [3.63, 3.8) is 0 Å². The SMILES string of the molecule is Cc1noc2cc(-c3ccc(COC=O)cc3)cc(NC(=O)OC(C)c3ccccc3)c12. The van der Waals surface area contributed by atoms with E-state index in [1.54, 1.807) is 0 Å². The van der Waals surface area contributed by atoms with E-state index in [4.69, 9.17) is 14.0 Å². The molecule has 0 radical (unpaired) electrons. The molecule has 0 spiro atoms. The maximum Gasteiger partial charge on any atom is 0.412 e. The molecule has 1 unspecified atom stereocenters. The van der Waals surface area contributed by atoms with Gasteiger partial charge in [0, 0.05) is 0 Å². The van der Waals surface area contributed by atoms with Crippen LogP contribution in [0, 0.1) is 6.92 Å². The van der Waals surface area contributed by atoms with Gasteiger partial charge in [-0.15, -0.1) is 0 Å². The molecule has 0 bridgehead atoms. The molecule has 1 N–H and O–H groups in total. The predicted molar refractivity (Wildman–Crippen MR) is 120 cm³/mol. The van der Waals surface area contributed by atoms with Gasteiger partial charge in [0.15, 0.2) is 5.58 Å². The van der Waals surface area contributed by atoms with E-state index in [0.717, 1.165) is 22.3 Å². The molecule has 3 aromatic carbocycles. The Morgan fingerprint density at radius 3 is 2.56 bits per heavy atom. The Morgan fingerprint density at radius 1 is 1.09 bits per heavy atom. The second-order valence-corrected chi connectivity index (χ2v) is 7.35. The minimum absolute atomic E-state index is 0.211. The number of hydrogen-bond acceptors (Lipinski definition) is 6. The molecule has 0 saturated heterocycles. The van der Waals surface area contributed by atoms with Gasteiger partial charge >= 0.3 is 6.09 Å². The highest BCUT2D eigenvalue weighted by Gasteiger charge is 2.17. The smallest absolute Gasteiger partial charge is 0.412 e. The zero-order valence-electron chi connectivity index (χ0n) is 17.7. The average molecular weight is 430 g/mol. The Balaban J connectivity index is 1.60. The second kappa shape index (κ2) is 9.34. The summed E-state index contributed by atoms with van der Waals surface area (Å²) in [4.78, 5) is 23.0. The number of benzene rings is 3. The lowest BCUT2D eigenvalue weighted by atomic mass is 10.0. The Hall–Kier alpha value is -4.13. The van der Waals surface area contributed by atoms with Gasteiger partial charge in [0.05, 0.1) is 16.8 Å². The van der Waals surface area contributed by atoms with Gasteiger partial charge in [-0.3, -0.25) is 10.1 Å². The molecule has 1 aromatic heterocycles. The number of carbonyl (C=O) groups excluding carboxylic acids is 2. The number of aromatic nitrogens is 1. The fourth-order valence-electron chi connectivity index (χ4n) is 3.50. The summed E-state index contributed by atoms with van der Waals surface area (Å²) in [6, 6.07) is 20.8. The first-order valence-electron chi connectivity index (χ1n) is 10.1. The summed E-state index contributed by atoms with van der Waals surface area (Å²) in [5.41, 5.74) is 5.29. The highest BCUT2D eigenvalue weighted by molar-refractivity contribution is 6.02. The Morgan fingerprint density at radius 2 is 1.84 bits per heavy atom. The molecule has 0 aliphatic rings. The summed E-state index contributed by atoms with van der Waals surface area (Å²) >= 11 is 0. The van der Waals surface area contributed by atoms with E-state index in [1.165, 1.54) is 0 Å². The average Bonchev–Trinajstić information content (AvgIpc) is 3.19. The van der Waals surface area contributed by atoms with Gasteiger partial charge < -0.3 is 14.0 Å². The first-order chi connectivity index (χ1) is 15.5. The van der Waals surface area contributed by atoms with Gasteiger partial charge in [0.25, 0.3) is 6.47 Å². The molecule has 0 aliphatic carbocycles. The maximum absolute atomic E-state index is 12.6. The molecule has 4 aromatic rings. The first-order valence-corrected chi connectivity index (χ1v) is 10.1. The second-order valence-electron chi connectivity index (χ2n) is 7.35. The third kappa shape index (κ3) is 4.62. The Labute approximate surface area is 184 Å². The number of carbonyl (C=O) groups is 2. The molecule has 162 valence electrons. The maximum atomic E-state index is 12.6. The molecule has 7 nitrogen and oxygen atoms in total. The van der Waals surface area contributed by atoms with Crippen LogP contribution in [0.2, 0.25) is 0 Å². The van der Waals surface area contributed by atoms with Gasteiger partial charge in [-0.1, -0.05) is 59.8 Å². The zero-order valence-corrected chi connectivity index (χ0v) is 17.7. The van der Waals surface area contributed by atoms with Crippen molar-refractivity contribution in [2.24, 2.45) is 0 Å². The third-order valence-electron chi connectivity index (χ3n) is 5.14. The molecular weight excluding hydrogens is 408 g/mol. The standard InChI is InChI=1S/C25H22N2O5/c1-16-24-22(26-25(29)31-17(2)19-6-4-3-5-7-19)12-21(13-23(24)32-27-16)20-10-8-18(9-11-20)14-30-15-28/h3-13,15,17H,14H2,1-2H3,(H,26,29). The largest absolute Gasteiger partial charge is 0.463 e. The molecule has 0 fully saturated rings. The van der Waals surface area contributed by atoms with Crippen molar-refractivity contribution < 1.29 is 23.6 Å². The van der Waals surface area contributed by atoms with Crippen molar-refractivity contribution in [1.29, 1.82) is 0 Å². The van der Waals surface area contributed by atoms with E-state index in [9.17, 15) is 9.59 Å². The van der Waals surface area contributed by atoms with Crippen LogP contribution in [-0.4, -0.2) is 17.7 Å². The molecule has 4 rings (SSSR count). The summed E-state index contributed by atoms with van der Waals surface area (Å²) in [5, 5.41) is 7.60. The number of nitrogens with one attached hydrogen (secondary N) is 1. The van der Waals surface area contributed by atoms with Crippen LogP contribution in [-0.2, 0) is 20.9 Å². The predicted octanol–water partition coefficient (Wildman–Crippen LogP) is 5.79. The van der Waals surface area contributed by atoms with Gasteiger partial charge in [-0.2, -0.15) is 0 Å². The quantitative estimate of drug-likeness (QED) is 0.374. The highest BCUT2D eigenvalue weighted by Crippen LogP contribution is 2.33. The fraction of sp³-hybridized carbons (Fsp3) is 0.160. The number of aryl methyl sites for hydroxylation is 1. The van der Waals surface area contributed by atoms with Crippen molar-refractivity contribution in [3.8, 4) is 11.1 Å². The van der Waals surface area contributed by atoms with E-state index in [2.05, 4.69) is 10.5 Å². The molecule has 1 amide bonds. The van der Waals surface area contributed by atoms with Crippen molar-refractivity contribution in [1.82, 2.24) is 5.16 Å². The number of hydrogen-bond donors (Lipinski definition) is 1. The monoisotopic (exact) mass is 430 g/mol. The molecule has 1 atom stereocenters. The molecule has 0 aliphatic heterocycles. The number of amides is 1. The first kappa shape index (κ1) is 21.1. The molecule has 32 heavy (non-hydrogen) atoms. The van der Waals surface area contributed by atoms with E-state index in [-0.39, 0.29) is 6.61 Å². The summed E-state index contributed by atoms with van der Waals surface area (Å²) in [5.74, 6) is 0. The van der Waals surface area contributed by atoms with Crippen LogP contribution >= 0.6 is 0 Å². The van der Waals surface area contributed by atoms with Crippen molar-refractivity contribution in [2.75, 3.05) is 5.32 Å². The van der Waals surface area contributed by atoms with Crippen LogP contribution in [0.5, 0.6) is 0 Å². The van der Waals surface area contributed by atoms with Crippen LogP contribution in [0.15, 0.2) is 71.3 Å².